The largest absolute Gasteiger partial charge is 0.469 e. The molecule has 0 bridgehead atoms. The standard InChI is InChI=1S/C12H19NO/c1-8-3-4-10-5-6-14-12(10)11(8)9(2)7-13/h5-6,8-9,11H,3-4,7,13H2,1-2H3. The van der Waals surface area contributed by atoms with Gasteiger partial charge in [-0.1, -0.05) is 13.8 Å². The van der Waals surface area contributed by atoms with Gasteiger partial charge >= 0.3 is 0 Å². The zero-order chi connectivity index (χ0) is 10.1. The fraction of sp³-hybridized carbons (Fsp3) is 0.667. The van der Waals surface area contributed by atoms with Gasteiger partial charge in [-0.05, 0) is 42.9 Å². The van der Waals surface area contributed by atoms with Crippen LogP contribution in [0.4, 0.5) is 0 Å². The van der Waals surface area contributed by atoms with Crippen molar-refractivity contribution in [3.63, 3.8) is 0 Å². The molecule has 1 aliphatic carbocycles. The molecule has 78 valence electrons. The van der Waals surface area contributed by atoms with Crippen LogP contribution in [0.15, 0.2) is 16.7 Å². The second-order valence-electron chi connectivity index (χ2n) is 4.56. The van der Waals surface area contributed by atoms with Gasteiger partial charge in [0.25, 0.3) is 0 Å². The Bertz CT molecular complexity index is 305. The van der Waals surface area contributed by atoms with Gasteiger partial charge < -0.3 is 10.2 Å². The van der Waals surface area contributed by atoms with Gasteiger partial charge in [0.15, 0.2) is 0 Å². The summed E-state index contributed by atoms with van der Waals surface area (Å²) in [5.74, 6) is 2.95. The zero-order valence-electron chi connectivity index (χ0n) is 8.99. The fourth-order valence-electron chi connectivity index (χ4n) is 2.63. The van der Waals surface area contributed by atoms with Crippen LogP contribution in [0.2, 0.25) is 0 Å². The first-order valence-electron chi connectivity index (χ1n) is 5.50. The molecule has 0 aliphatic heterocycles. The Morgan fingerprint density at radius 3 is 3.14 bits per heavy atom. The van der Waals surface area contributed by atoms with E-state index >= 15 is 0 Å². The van der Waals surface area contributed by atoms with Crippen molar-refractivity contribution in [2.45, 2.75) is 32.6 Å². The highest BCUT2D eigenvalue weighted by Gasteiger charge is 2.32. The van der Waals surface area contributed by atoms with Crippen LogP contribution >= 0.6 is 0 Å². The van der Waals surface area contributed by atoms with E-state index in [9.17, 15) is 0 Å². The fourth-order valence-corrected chi connectivity index (χ4v) is 2.63. The average Bonchev–Trinajstić information content (AvgIpc) is 2.64. The zero-order valence-corrected chi connectivity index (χ0v) is 8.99. The number of aryl methyl sites for hydroxylation is 1. The lowest BCUT2D eigenvalue weighted by Crippen LogP contribution is -2.27. The average molecular weight is 193 g/mol. The van der Waals surface area contributed by atoms with Gasteiger partial charge in [-0.2, -0.15) is 0 Å². The number of furan rings is 1. The second kappa shape index (κ2) is 3.77. The van der Waals surface area contributed by atoms with Crippen molar-refractivity contribution in [3.05, 3.63) is 23.7 Å². The topological polar surface area (TPSA) is 39.2 Å². The molecule has 0 saturated heterocycles. The van der Waals surface area contributed by atoms with E-state index in [4.69, 9.17) is 10.2 Å². The van der Waals surface area contributed by atoms with Crippen LogP contribution in [0, 0.1) is 11.8 Å². The maximum atomic E-state index is 5.75. The minimum absolute atomic E-state index is 0.523. The summed E-state index contributed by atoms with van der Waals surface area (Å²) in [5.41, 5.74) is 7.15. The molecule has 14 heavy (non-hydrogen) atoms. The molecule has 1 aromatic rings. The predicted octanol–water partition coefficient (Wildman–Crippen LogP) is 2.54. The molecule has 0 fully saturated rings. The van der Waals surface area contributed by atoms with E-state index in [1.54, 1.807) is 0 Å². The highest BCUT2D eigenvalue weighted by atomic mass is 16.3. The van der Waals surface area contributed by atoms with E-state index < -0.39 is 0 Å². The molecule has 2 nitrogen and oxygen atoms in total. The van der Waals surface area contributed by atoms with E-state index in [2.05, 4.69) is 19.9 Å². The van der Waals surface area contributed by atoms with Gasteiger partial charge in [-0.3, -0.25) is 0 Å². The molecule has 1 aliphatic rings. The summed E-state index contributed by atoms with van der Waals surface area (Å²) >= 11 is 0. The number of hydrogen-bond acceptors (Lipinski definition) is 2. The Labute approximate surface area is 85.5 Å². The summed E-state index contributed by atoms with van der Waals surface area (Å²) in [4.78, 5) is 0. The minimum Gasteiger partial charge on any atom is -0.469 e. The van der Waals surface area contributed by atoms with Crippen molar-refractivity contribution < 1.29 is 4.42 Å². The molecule has 0 radical (unpaired) electrons. The molecule has 3 atom stereocenters. The highest BCUT2D eigenvalue weighted by molar-refractivity contribution is 5.25. The van der Waals surface area contributed by atoms with Crippen LogP contribution in [0.25, 0.3) is 0 Å². The number of nitrogens with two attached hydrogens (primary N) is 1. The van der Waals surface area contributed by atoms with Gasteiger partial charge in [-0.15, -0.1) is 0 Å². The Balaban J connectivity index is 2.31. The lowest BCUT2D eigenvalue weighted by atomic mass is 9.74. The summed E-state index contributed by atoms with van der Waals surface area (Å²) in [6, 6.07) is 2.11. The summed E-state index contributed by atoms with van der Waals surface area (Å²) in [6.45, 7) is 5.27. The van der Waals surface area contributed by atoms with E-state index in [-0.39, 0.29) is 0 Å². The Hall–Kier alpha value is -0.760. The van der Waals surface area contributed by atoms with E-state index in [1.165, 1.54) is 24.2 Å². The number of fused-ring (bicyclic) bond motifs is 1. The van der Waals surface area contributed by atoms with Crippen molar-refractivity contribution >= 4 is 0 Å². The Morgan fingerprint density at radius 1 is 1.64 bits per heavy atom. The summed E-state index contributed by atoms with van der Waals surface area (Å²) < 4.78 is 5.61. The maximum absolute atomic E-state index is 5.75. The van der Waals surface area contributed by atoms with Gasteiger partial charge in [0.05, 0.1) is 6.26 Å². The Kier molecular flexibility index (Phi) is 2.64. The first kappa shape index (κ1) is 9.78. The van der Waals surface area contributed by atoms with Crippen LogP contribution in [0.1, 0.15) is 37.5 Å². The van der Waals surface area contributed by atoms with Crippen molar-refractivity contribution in [2.75, 3.05) is 6.54 Å². The summed E-state index contributed by atoms with van der Waals surface area (Å²) in [6.07, 6.45) is 4.25. The number of hydrogen-bond donors (Lipinski definition) is 1. The summed E-state index contributed by atoms with van der Waals surface area (Å²) in [5, 5.41) is 0. The molecular formula is C12H19NO. The molecule has 0 saturated carbocycles. The third-order valence-corrected chi connectivity index (χ3v) is 3.55. The van der Waals surface area contributed by atoms with Gasteiger partial charge in [0, 0.05) is 5.92 Å². The van der Waals surface area contributed by atoms with Crippen LogP contribution in [-0.4, -0.2) is 6.54 Å². The smallest absolute Gasteiger partial charge is 0.110 e. The molecular weight excluding hydrogens is 174 g/mol. The lowest BCUT2D eigenvalue weighted by Gasteiger charge is -2.31. The third-order valence-electron chi connectivity index (χ3n) is 3.55. The van der Waals surface area contributed by atoms with Crippen LogP contribution in [-0.2, 0) is 6.42 Å². The van der Waals surface area contributed by atoms with E-state index in [0.717, 1.165) is 6.54 Å². The first-order chi connectivity index (χ1) is 6.74. The lowest BCUT2D eigenvalue weighted by molar-refractivity contribution is 0.268. The SMILES string of the molecule is CC(CN)C1c2occc2CCC1C. The Morgan fingerprint density at radius 2 is 2.43 bits per heavy atom. The molecule has 3 unspecified atom stereocenters. The molecule has 0 aromatic carbocycles. The van der Waals surface area contributed by atoms with Crippen molar-refractivity contribution in [1.82, 2.24) is 0 Å². The second-order valence-corrected chi connectivity index (χ2v) is 4.56. The van der Waals surface area contributed by atoms with E-state index in [1.807, 2.05) is 6.26 Å². The van der Waals surface area contributed by atoms with Crippen LogP contribution in [0.3, 0.4) is 0 Å². The van der Waals surface area contributed by atoms with Crippen LogP contribution < -0.4 is 5.73 Å². The molecule has 0 spiro atoms. The first-order valence-corrected chi connectivity index (χ1v) is 5.50. The van der Waals surface area contributed by atoms with Gasteiger partial charge in [-0.25, -0.2) is 0 Å². The van der Waals surface area contributed by atoms with Crippen LogP contribution in [0.5, 0.6) is 0 Å². The predicted molar refractivity (Wildman–Crippen MR) is 57.2 cm³/mol. The third kappa shape index (κ3) is 1.48. The minimum atomic E-state index is 0.523. The van der Waals surface area contributed by atoms with E-state index in [0.29, 0.717) is 17.8 Å². The van der Waals surface area contributed by atoms with Crippen molar-refractivity contribution in [1.29, 1.82) is 0 Å². The normalized spacial score (nSPS) is 28.5. The molecule has 2 N–H and O–H groups in total. The maximum Gasteiger partial charge on any atom is 0.110 e. The summed E-state index contributed by atoms with van der Waals surface area (Å²) in [7, 11) is 0. The van der Waals surface area contributed by atoms with Gasteiger partial charge in [0.1, 0.15) is 5.76 Å². The highest BCUT2D eigenvalue weighted by Crippen LogP contribution is 2.40. The molecule has 0 amide bonds. The molecule has 2 rings (SSSR count). The monoisotopic (exact) mass is 193 g/mol. The van der Waals surface area contributed by atoms with Gasteiger partial charge in [0.2, 0.25) is 0 Å². The molecule has 1 aromatic heterocycles. The quantitative estimate of drug-likeness (QED) is 0.784. The molecule has 2 heteroatoms. The van der Waals surface area contributed by atoms with Crippen molar-refractivity contribution in [3.8, 4) is 0 Å². The molecule has 1 heterocycles. The van der Waals surface area contributed by atoms with Crippen molar-refractivity contribution in [2.24, 2.45) is 17.6 Å². The number of rotatable bonds is 2.